The van der Waals surface area contributed by atoms with E-state index in [0.717, 1.165) is 67.8 Å². The maximum Gasteiger partial charge on any atom is 0.430 e. The molecule has 1 amide bonds. The number of nitrogens with two attached hydrogens (primary N) is 2. The molecule has 0 unspecified atom stereocenters. The van der Waals surface area contributed by atoms with E-state index in [1.807, 2.05) is 30.3 Å². The quantitative estimate of drug-likeness (QED) is 0.151. The number of aromatic nitrogens is 2. The number of nitrogens with one attached hydrogen (secondary N) is 1. The Balaban J connectivity index is 0.000000984. The van der Waals surface area contributed by atoms with Crippen LogP contribution < -0.4 is 31.4 Å². The van der Waals surface area contributed by atoms with Crippen molar-refractivity contribution in [1.82, 2.24) is 15.3 Å². The lowest BCUT2D eigenvalue weighted by Gasteiger charge is -2.38. The van der Waals surface area contributed by atoms with E-state index in [4.69, 9.17) is 42.4 Å². The lowest BCUT2D eigenvalue weighted by molar-refractivity contribution is -0.922. The zero-order valence-electron chi connectivity index (χ0n) is 26.3. The third-order valence-corrected chi connectivity index (χ3v) is 7.53. The van der Waals surface area contributed by atoms with Crippen LogP contribution in [0.5, 0.6) is 11.5 Å². The highest BCUT2D eigenvalue weighted by molar-refractivity contribution is 6.31. The first-order valence-electron chi connectivity index (χ1n) is 14.6. The van der Waals surface area contributed by atoms with E-state index in [2.05, 4.69) is 46.1 Å². The molecule has 0 spiro atoms. The number of carboxylic acid groups (broad SMARTS) is 1. The molecule has 0 radical (unpaired) electrons. The van der Waals surface area contributed by atoms with Crippen LogP contribution in [0, 0.1) is 0 Å². The fraction of sp³-hybridized carbons (Fsp3) is 0.375. The predicted molar refractivity (Wildman–Crippen MR) is 172 cm³/mol. The first-order chi connectivity index (χ1) is 22.2. The van der Waals surface area contributed by atoms with Crippen molar-refractivity contribution in [3.63, 3.8) is 0 Å². The number of benzene rings is 2. The zero-order chi connectivity index (χ0) is 35.0. The number of aryl methyl sites for hydroxylation is 2. The fourth-order valence-corrected chi connectivity index (χ4v) is 4.93. The number of carbonyl (C=O) groups excluding carboxylic acids is 2. The number of carbonyl (C=O) groups is 2. The molecule has 11 nitrogen and oxygen atoms in total. The van der Waals surface area contributed by atoms with Crippen molar-refractivity contribution in [2.45, 2.75) is 31.9 Å². The van der Waals surface area contributed by atoms with Gasteiger partial charge in [-0.1, -0.05) is 42.4 Å². The van der Waals surface area contributed by atoms with E-state index >= 15 is 0 Å². The van der Waals surface area contributed by atoms with Gasteiger partial charge in [-0.05, 0) is 54.3 Å². The topological polar surface area (TPSA) is 166 Å². The Labute approximate surface area is 276 Å². The number of hydrogen-bond acceptors (Lipinski definition) is 9. The number of halogens is 4. The largest absolute Gasteiger partial charge is 0.542 e. The molecule has 1 heterocycles. The van der Waals surface area contributed by atoms with Crippen molar-refractivity contribution in [1.29, 1.82) is 0 Å². The normalized spacial score (nSPS) is 11.2. The molecule has 47 heavy (non-hydrogen) atoms. The summed E-state index contributed by atoms with van der Waals surface area (Å²) in [6, 6.07) is 16.4. The molecular weight excluding hydrogens is 641 g/mol. The molecule has 0 atom stereocenters. The highest BCUT2D eigenvalue weighted by Crippen LogP contribution is 2.19. The van der Waals surface area contributed by atoms with Gasteiger partial charge in [-0.3, -0.25) is 4.79 Å². The summed E-state index contributed by atoms with van der Waals surface area (Å²) in [6.45, 7) is 7.86. The molecule has 0 aliphatic carbocycles. The lowest BCUT2D eigenvalue weighted by atomic mass is 10.1. The molecule has 256 valence electrons. The molecule has 0 fully saturated rings. The van der Waals surface area contributed by atoms with Gasteiger partial charge in [-0.2, -0.15) is 13.2 Å². The van der Waals surface area contributed by atoms with Crippen LogP contribution in [0.15, 0.2) is 61.2 Å². The number of methoxy groups -OCH3 is 2. The number of anilines is 2. The molecule has 3 aromatic rings. The summed E-state index contributed by atoms with van der Waals surface area (Å²) in [5.74, 6) is -1.80. The molecular formula is C32H40ClF3N6O5. The Morgan fingerprint density at radius 1 is 0.915 bits per heavy atom. The number of aliphatic carboxylic acids is 1. The smallest absolute Gasteiger partial charge is 0.430 e. The second-order valence-electron chi connectivity index (χ2n) is 10.6. The molecule has 0 saturated carbocycles. The van der Waals surface area contributed by atoms with Gasteiger partial charge in [-0.25, -0.2) is 9.97 Å². The van der Waals surface area contributed by atoms with Gasteiger partial charge < -0.3 is 40.6 Å². The highest BCUT2D eigenvalue weighted by Gasteiger charge is 2.29. The fourth-order valence-electron chi connectivity index (χ4n) is 4.80. The van der Waals surface area contributed by atoms with E-state index in [9.17, 15) is 18.0 Å². The summed E-state index contributed by atoms with van der Waals surface area (Å²) < 4.78 is 42.9. The van der Waals surface area contributed by atoms with E-state index < -0.39 is 18.1 Å². The van der Waals surface area contributed by atoms with Gasteiger partial charge in [0.1, 0.15) is 17.5 Å². The Hall–Kier alpha value is -4.56. The Morgan fingerprint density at radius 3 is 1.79 bits per heavy atom. The van der Waals surface area contributed by atoms with Crippen molar-refractivity contribution in [2.75, 3.05) is 58.4 Å². The molecule has 0 aliphatic rings. The summed E-state index contributed by atoms with van der Waals surface area (Å²) in [7, 11) is 3.34. The van der Waals surface area contributed by atoms with E-state index in [1.54, 1.807) is 14.2 Å². The monoisotopic (exact) mass is 680 g/mol. The summed E-state index contributed by atoms with van der Waals surface area (Å²) >= 11 is 5.96. The van der Waals surface area contributed by atoms with Gasteiger partial charge in [0.15, 0.2) is 22.5 Å². The third-order valence-electron chi connectivity index (χ3n) is 7.25. The summed E-state index contributed by atoms with van der Waals surface area (Å²) in [5, 5.41) is 11.7. The standard InChI is InChI=1S/C30H39ClN6O3.C2HF3O2/c1-4-18-37(19-5-7-22-9-13-24(39-2)14-10-22,20-6-8-23-11-15-25(40-3)16-12-23)21-17-34-30(38)26-28(32)36-29(33)27(31)35-26;3-2(4,5)1(6)7/h4,9-16H,1,5-8,17-21H2,2-3H3,(H4-,32,33,34,36,38);(H,6,7). The van der Waals surface area contributed by atoms with Gasteiger partial charge in [0, 0.05) is 12.8 Å². The average Bonchev–Trinajstić information content (AvgIpc) is 3.03. The number of nitrogen functional groups attached to an aromatic ring is 2. The Morgan fingerprint density at radius 2 is 1.38 bits per heavy atom. The minimum atomic E-state index is -5.19. The summed E-state index contributed by atoms with van der Waals surface area (Å²) in [5.41, 5.74) is 14.0. The Kier molecular flexibility index (Phi) is 15.2. The predicted octanol–water partition coefficient (Wildman–Crippen LogP) is 3.61. The average molecular weight is 681 g/mol. The lowest BCUT2D eigenvalue weighted by Crippen LogP contribution is -2.53. The molecule has 0 bridgehead atoms. The van der Waals surface area contributed by atoms with Crippen LogP contribution in [0.2, 0.25) is 5.15 Å². The second-order valence-corrected chi connectivity index (χ2v) is 10.9. The van der Waals surface area contributed by atoms with Crippen molar-refractivity contribution < 1.29 is 41.8 Å². The maximum atomic E-state index is 12.8. The van der Waals surface area contributed by atoms with Crippen molar-refractivity contribution in [3.05, 3.63) is 83.2 Å². The van der Waals surface area contributed by atoms with Crippen molar-refractivity contribution in [3.8, 4) is 11.5 Å². The van der Waals surface area contributed by atoms with E-state index in [0.29, 0.717) is 6.54 Å². The van der Waals surface area contributed by atoms with Gasteiger partial charge in [-0.15, -0.1) is 0 Å². The SMILES string of the molecule is C=CC[N+](CCCc1ccc(OC)cc1)(CCCc1ccc(OC)cc1)CCNC(=O)c1nc(Cl)c(N)nc1N.O=C([O-])C(F)(F)F. The number of quaternary nitrogens is 1. The number of alkyl halides is 3. The van der Waals surface area contributed by atoms with Crippen LogP contribution in [0.3, 0.4) is 0 Å². The van der Waals surface area contributed by atoms with Gasteiger partial charge in [0.25, 0.3) is 5.91 Å². The van der Waals surface area contributed by atoms with Crippen LogP contribution in [0.4, 0.5) is 24.8 Å². The molecule has 2 aromatic carbocycles. The number of ether oxygens (including phenoxy) is 2. The molecule has 3 rings (SSSR count). The molecule has 5 N–H and O–H groups in total. The van der Waals surface area contributed by atoms with Gasteiger partial charge in [0.2, 0.25) is 0 Å². The Bertz CT molecular complexity index is 1400. The summed E-state index contributed by atoms with van der Waals surface area (Å²) in [6.07, 6.45) is 0.640. The van der Waals surface area contributed by atoms with Crippen LogP contribution in [0.25, 0.3) is 0 Å². The third kappa shape index (κ3) is 13.0. The van der Waals surface area contributed by atoms with E-state index in [1.165, 1.54) is 11.1 Å². The molecule has 0 saturated heterocycles. The number of nitrogens with zero attached hydrogens (tertiary/aromatic N) is 3. The first-order valence-corrected chi connectivity index (χ1v) is 15.0. The van der Waals surface area contributed by atoms with Gasteiger partial charge >= 0.3 is 6.18 Å². The van der Waals surface area contributed by atoms with Gasteiger partial charge in [0.05, 0.1) is 46.9 Å². The first kappa shape index (κ1) is 38.6. The minimum absolute atomic E-state index is 0.00824. The second kappa shape index (κ2) is 18.6. The summed E-state index contributed by atoms with van der Waals surface area (Å²) in [4.78, 5) is 29.5. The van der Waals surface area contributed by atoms with E-state index in [-0.39, 0.29) is 22.5 Å². The molecule has 0 aliphatic heterocycles. The molecule has 1 aromatic heterocycles. The molecule has 15 heteroatoms. The number of carboxylic acids is 1. The van der Waals surface area contributed by atoms with Crippen LogP contribution >= 0.6 is 11.6 Å². The number of rotatable bonds is 16. The van der Waals surface area contributed by atoms with Crippen LogP contribution in [0.1, 0.15) is 34.5 Å². The van der Waals surface area contributed by atoms with Crippen LogP contribution in [-0.2, 0) is 17.6 Å². The number of amides is 1. The van der Waals surface area contributed by atoms with Crippen molar-refractivity contribution >= 4 is 35.1 Å². The number of hydrogen-bond donors (Lipinski definition) is 3. The minimum Gasteiger partial charge on any atom is -0.542 e. The van der Waals surface area contributed by atoms with Crippen LogP contribution in [-0.4, -0.2) is 79.4 Å². The maximum absolute atomic E-state index is 12.8. The highest BCUT2D eigenvalue weighted by atomic mass is 35.5. The van der Waals surface area contributed by atoms with Crippen molar-refractivity contribution in [2.24, 2.45) is 0 Å². The zero-order valence-corrected chi connectivity index (χ0v) is 27.1.